The Morgan fingerprint density at radius 3 is 2.73 bits per heavy atom. The minimum Gasteiger partial charge on any atom is -0.467 e. The van der Waals surface area contributed by atoms with E-state index in [0.29, 0.717) is 22.4 Å². The fourth-order valence-electron chi connectivity index (χ4n) is 3.71. The summed E-state index contributed by atoms with van der Waals surface area (Å²) in [6.45, 7) is 0. The Kier molecular flexibility index (Phi) is 3.77. The molecular formula is C19H14F3NO3. The highest BCUT2D eigenvalue weighted by Crippen LogP contribution is 2.45. The molecule has 1 heterocycles. The van der Waals surface area contributed by atoms with Crippen molar-refractivity contribution >= 4 is 16.9 Å². The van der Waals surface area contributed by atoms with Crippen LogP contribution in [0.15, 0.2) is 30.3 Å². The number of rotatable bonds is 2. The van der Waals surface area contributed by atoms with E-state index in [-0.39, 0.29) is 17.3 Å². The second kappa shape index (κ2) is 5.88. The van der Waals surface area contributed by atoms with Gasteiger partial charge in [-0.25, -0.2) is 18.0 Å². The van der Waals surface area contributed by atoms with Crippen molar-refractivity contribution in [1.29, 1.82) is 0 Å². The lowest BCUT2D eigenvalue weighted by atomic mass is 9.78. The average Bonchev–Trinajstić information content (AvgIpc) is 2.99. The van der Waals surface area contributed by atoms with Crippen LogP contribution in [0.25, 0.3) is 22.2 Å². The summed E-state index contributed by atoms with van der Waals surface area (Å²) in [7, 11) is 1.14. The Bertz CT molecular complexity index is 1040. The molecule has 0 fully saturated rings. The summed E-state index contributed by atoms with van der Waals surface area (Å²) in [5.74, 6) is -3.72. The number of aliphatic hydroxyl groups is 1. The van der Waals surface area contributed by atoms with E-state index in [9.17, 15) is 23.1 Å². The molecule has 2 atom stereocenters. The van der Waals surface area contributed by atoms with Crippen LogP contribution in [-0.2, 0) is 16.0 Å². The number of methoxy groups -OCH3 is 1. The zero-order valence-corrected chi connectivity index (χ0v) is 13.6. The first kappa shape index (κ1) is 16.7. The molecule has 0 radical (unpaired) electrons. The molecule has 2 N–H and O–H groups in total. The molecule has 26 heavy (non-hydrogen) atoms. The van der Waals surface area contributed by atoms with Crippen LogP contribution in [0, 0.1) is 17.5 Å². The maximum Gasteiger partial charge on any atom is 0.335 e. The molecule has 0 aliphatic heterocycles. The van der Waals surface area contributed by atoms with Crippen LogP contribution in [-0.4, -0.2) is 29.3 Å². The van der Waals surface area contributed by atoms with Gasteiger partial charge >= 0.3 is 5.97 Å². The zero-order valence-electron chi connectivity index (χ0n) is 13.6. The Labute approximate surface area is 146 Å². The van der Waals surface area contributed by atoms with Crippen LogP contribution in [0.1, 0.15) is 17.0 Å². The summed E-state index contributed by atoms with van der Waals surface area (Å²) in [6.07, 6.45) is -1.43. The van der Waals surface area contributed by atoms with Gasteiger partial charge in [-0.3, -0.25) is 0 Å². The highest BCUT2D eigenvalue weighted by atomic mass is 19.1. The number of esters is 1. The molecule has 0 spiro atoms. The van der Waals surface area contributed by atoms with E-state index in [1.807, 2.05) is 0 Å². The summed E-state index contributed by atoms with van der Waals surface area (Å²) in [5, 5.41) is 10.7. The molecular weight excluding hydrogens is 347 g/mol. The monoisotopic (exact) mass is 361 g/mol. The van der Waals surface area contributed by atoms with Crippen molar-refractivity contribution in [2.45, 2.75) is 18.4 Å². The molecule has 1 aliphatic rings. The quantitative estimate of drug-likeness (QED) is 0.688. The highest BCUT2D eigenvalue weighted by molar-refractivity contribution is 5.94. The van der Waals surface area contributed by atoms with Crippen LogP contribution >= 0.6 is 0 Å². The minimum atomic E-state index is -1.56. The molecule has 0 saturated heterocycles. The standard InChI is InChI=1S/C19H14F3NO3/c1-26-19(25)18(24)13-5-8-4-9(20)2-3-11(8)17-15(13)12-6-10(21)7-14(22)16(12)23-17/h2-4,6-7,13,18,23-24H,5H2,1H3. The Balaban J connectivity index is 2.03. The van der Waals surface area contributed by atoms with Crippen molar-refractivity contribution < 1.29 is 27.8 Å². The summed E-state index contributed by atoms with van der Waals surface area (Å²) in [4.78, 5) is 14.8. The Morgan fingerprint density at radius 1 is 1.23 bits per heavy atom. The van der Waals surface area contributed by atoms with Crippen LogP contribution in [0.5, 0.6) is 0 Å². The van der Waals surface area contributed by atoms with Crippen LogP contribution in [0.4, 0.5) is 13.2 Å². The van der Waals surface area contributed by atoms with Gasteiger partial charge in [-0.1, -0.05) is 0 Å². The van der Waals surface area contributed by atoms with Gasteiger partial charge in [0.1, 0.15) is 17.5 Å². The van der Waals surface area contributed by atoms with Crippen molar-refractivity contribution in [3.8, 4) is 11.3 Å². The molecule has 1 aliphatic carbocycles. The van der Waals surface area contributed by atoms with Crippen molar-refractivity contribution in [2.75, 3.05) is 7.11 Å². The Morgan fingerprint density at radius 2 is 2.00 bits per heavy atom. The molecule has 0 bridgehead atoms. The Hall–Kier alpha value is -2.80. The molecule has 0 saturated carbocycles. The van der Waals surface area contributed by atoms with Gasteiger partial charge in [-0.15, -0.1) is 0 Å². The van der Waals surface area contributed by atoms with Crippen LogP contribution in [0.2, 0.25) is 0 Å². The topological polar surface area (TPSA) is 62.3 Å². The normalized spacial score (nSPS) is 16.9. The number of aromatic nitrogens is 1. The van der Waals surface area contributed by atoms with Gasteiger partial charge in [-0.05, 0) is 41.8 Å². The SMILES string of the molecule is COC(=O)C(O)C1Cc2cc(F)ccc2-c2[nH]c3c(F)cc(F)cc3c21. The molecule has 0 amide bonds. The van der Waals surface area contributed by atoms with Gasteiger partial charge in [-0.2, -0.15) is 0 Å². The van der Waals surface area contributed by atoms with E-state index in [2.05, 4.69) is 9.72 Å². The second-order valence-electron chi connectivity index (χ2n) is 6.30. The number of benzene rings is 2. The van der Waals surface area contributed by atoms with E-state index in [0.717, 1.165) is 19.2 Å². The average molecular weight is 361 g/mol. The van der Waals surface area contributed by atoms with Gasteiger partial charge in [0.15, 0.2) is 6.10 Å². The molecule has 4 rings (SSSR count). The summed E-state index contributed by atoms with van der Waals surface area (Å²) < 4.78 is 46.3. The summed E-state index contributed by atoms with van der Waals surface area (Å²) in [5.41, 5.74) is 2.08. The fraction of sp³-hybridized carbons (Fsp3) is 0.211. The van der Waals surface area contributed by atoms with E-state index in [1.54, 1.807) is 0 Å². The second-order valence-corrected chi connectivity index (χ2v) is 6.30. The molecule has 134 valence electrons. The number of H-pyrrole nitrogens is 1. The fourth-order valence-corrected chi connectivity index (χ4v) is 3.71. The predicted octanol–water partition coefficient (Wildman–Crippen LogP) is 3.43. The minimum absolute atomic E-state index is 0.0654. The van der Waals surface area contributed by atoms with E-state index < -0.39 is 35.4 Å². The largest absolute Gasteiger partial charge is 0.467 e. The third-order valence-corrected chi connectivity index (χ3v) is 4.84. The maximum atomic E-state index is 14.2. The lowest BCUT2D eigenvalue weighted by molar-refractivity contribution is -0.151. The third kappa shape index (κ3) is 2.39. The first-order chi connectivity index (χ1) is 12.4. The van der Waals surface area contributed by atoms with E-state index in [4.69, 9.17) is 0 Å². The molecule has 2 aromatic carbocycles. The van der Waals surface area contributed by atoms with Gasteiger partial charge in [0.05, 0.1) is 18.3 Å². The van der Waals surface area contributed by atoms with Crippen molar-refractivity contribution in [2.24, 2.45) is 0 Å². The summed E-state index contributed by atoms with van der Waals surface area (Å²) in [6, 6.07) is 6.01. The third-order valence-electron chi connectivity index (χ3n) is 4.84. The maximum absolute atomic E-state index is 14.2. The number of nitrogens with one attached hydrogen (secondary N) is 1. The number of hydrogen-bond acceptors (Lipinski definition) is 3. The number of hydrogen-bond donors (Lipinski definition) is 2. The van der Waals surface area contributed by atoms with Crippen LogP contribution < -0.4 is 0 Å². The number of halogens is 3. The molecule has 2 unspecified atom stereocenters. The first-order valence-electron chi connectivity index (χ1n) is 7.96. The number of ether oxygens (including phenoxy) is 1. The van der Waals surface area contributed by atoms with E-state index >= 15 is 0 Å². The highest BCUT2D eigenvalue weighted by Gasteiger charge is 2.37. The smallest absolute Gasteiger partial charge is 0.335 e. The number of carbonyl (C=O) groups is 1. The molecule has 1 aromatic heterocycles. The molecule has 3 aromatic rings. The zero-order chi connectivity index (χ0) is 18.6. The van der Waals surface area contributed by atoms with Crippen molar-refractivity contribution in [1.82, 2.24) is 4.98 Å². The summed E-state index contributed by atoms with van der Waals surface area (Å²) >= 11 is 0. The van der Waals surface area contributed by atoms with Crippen LogP contribution in [0.3, 0.4) is 0 Å². The number of aliphatic hydroxyl groups excluding tert-OH is 1. The number of fused-ring (bicyclic) bond motifs is 5. The first-order valence-corrected chi connectivity index (χ1v) is 7.96. The van der Waals surface area contributed by atoms with Gasteiger partial charge in [0.2, 0.25) is 0 Å². The predicted molar refractivity (Wildman–Crippen MR) is 88.1 cm³/mol. The molecule has 7 heteroatoms. The van der Waals surface area contributed by atoms with E-state index in [1.165, 1.54) is 18.2 Å². The van der Waals surface area contributed by atoms with Gasteiger partial charge in [0, 0.05) is 22.9 Å². The molecule has 4 nitrogen and oxygen atoms in total. The van der Waals surface area contributed by atoms with Gasteiger partial charge in [0.25, 0.3) is 0 Å². The lowest BCUT2D eigenvalue weighted by Gasteiger charge is -2.28. The number of carbonyl (C=O) groups excluding carboxylic acids is 1. The lowest BCUT2D eigenvalue weighted by Crippen LogP contribution is -2.32. The number of aromatic amines is 1. The van der Waals surface area contributed by atoms with Gasteiger partial charge < -0.3 is 14.8 Å². The van der Waals surface area contributed by atoms with Crippen molar-refractivity contribution in [3.63, 3.8) is 0 Å². The van der Waals surface area contributed by atoms with Crippen molar-refractivity contribution in [3.05, 3.63) is 58.9 Å².